The predicted molar refractivity (Wildman–Crippen MR) is 71.7 cm³/mol. The summed E-state index contributed by atoms with van der Waals surface area (Å²) in [7, 11) is 0. The van der Waals surface area contributed by atoms with Gasteiger partial charge in [0.15, 0.2) is 0 Å². The summed E-state index contributed by atoms with van der Waals surface area (Å²) in [4.78, 5) is 0. The fraction of sp³-hybridized carbons (Fsp3) is 0.429. The van der Waals surface area contributed by atoms with Crippen LogP contribution in [0.3, 0.4) is 0 Å². The van der Waals surface area contributed by atoms with Crippen molar-refractivity contribution in [2.24, 2.45) is 0 Å². The Balaban J connectivity index is 2.14. The van der Waals surface area contributed by atoms with Crippen molar-refractivity contribution >= 4 is 11.6 Å². The van der Waals surface area contributed by atoms with Crippen molar-refractivity contribution in [3.63, 3.8) is 0 Å². The van der Waals surface area contributed by atoms with Gasteiger partial charge in [-0.2, -0.15) is 0 Å². The summed E-state index contributed by atoms with van der Waals surface area (Å²) in [5.41, 5.74) is 4.23. The second-order valence-electron chi connectivity index (χ2n) is 4.15. The van der Waals surface area contributed by atoms with Crippen molar-refractivity contribution in [1.82, 2.24) is 5.32 Å². The SMILES string of the molecule is CCNC1CCc2c(OCC=CCl)cccc21. The van der Waals surface area contributed by atoms with Gasteiger partial charge in [0, 0.05) is 11.6 Å². The highest BCUT2D eigenvalue weighted by molar-refractivity contribution is 6.25. The van der Waals surface area contributed by atoms with E-state index in [1.165, 1.54) is 16.7 Å². The van der Waals surface area contributed by atoms with E-state index < -0.39 is 0 Å². The van der Waals surface area contributed by atoms with Crippen LogP contribution in [0.1, 0.15) is 30.5 Å². The molecule has 3 heteroatoms. The molecule has 92 valence electrons. The number of halogens is 1. The zero-order chi connectivity index (χ0) is 12.1. The minimum absolute atomic E-state index is 0.488. The molecule has 1 aliphatic carbocycles. The van der Waals surface area contributed by atoms with E-state index in [0.717, 1.165) is 25.1 Å². The van der Waals surface area contributed by atoms with E-state index in [1.54, 1.807) is 6.08 Å². The first-order chi connectivity index (χ1) is 8.36. The van der Waals surface area contributed by atoms with E-state index in [9.17, 15) is 0 Å². The lowest BCUT2D eigenvalue weighted by Gasteiger charge is -2.13. The summed E-state index contributed by atoms with van der Waals surface area (Å²) in [5, 5.41) is 3.50. The molecule has 1 unspecified atom stereocenters. The zero-order valence-electron chi connectivity index (χ0n) is 10.1. The van der Waals surface area contributed by atoms with Crippen molar-refractivity contribution in [3.8, 4) is 5.75 Å². The standard InChI is InChI=1S/C14H18ClNO/c1-2-16-13-8-7-12-11(13)5-3-6-14(12)17-10-4-9-15/h3-6,9,13,16H,2,7-8,10H2,1H3. The van der Waals surface area contributed by atoms with Gasteiger partial charge in [0.1, 0.15) is 12.4 Å². The quantitative estimate of drug-likeness (QED) is 0.866. The van der Waals surface area contributed by atoms with Crippen LogP contribution in [0.2, 0.25) is 0 Å². The Bertz CT molecular complexity index is 403. The highest BCUT2D eigenvalue weighted by Crippen LogP contribution is 2.36. The average molecular weight is 252 g/mol. The van der Waals surface area contributed by atoms with Gasteiger partial charge in [0.25, 0.3) is 0 Å². The van der Waals surface area contributed by atoms with E-state index in [0.29, 0.717) is 12.6 Å². The van der Waals surface area contributed by atoms with Gasteiger partial charge in [-0.3, -0.25) is 0 Å². The van der Waals surface area contributed by atoms with E-state index in [-0.39, 0.29) is 0 Å². The summed E-state index contributed by atoms with van der Waals surface area (Å²) in [6.07, 6.45) is 4.06. The highest BCUT2D eigenvalue weighted by Gasteiger charge is 2.24. The monoisotopic (exact) mass is 251 g/mol. The van der Waals surface area contributed by atoms with Crippen LogP contribution < -0.4 is 10.1 Å². The predicted octanol–water partition coefficient (Wildman–Crippen LogP) is 3.41. The lowest BCUT2D eigenvalue weighted by atomic mass is 10.1. The van der Waals surface area contributed by atoms with Gasteiger partial charge in [-0.05, 0) is 42.7 Å². The molecular formula is C14H18ClNO. The second-order valence-corrected chi connectivity index (χ2v) is 4.40. The molecule has 0 amide bonds. The van der Waals surface area contributed by atoms with Crippen LogP contribution in [-0.4, -0.2) is 13.2 Å². The molecule has 0 fully saturated rings. The van der Waals surface area contributed by atoms with Gasteiger partial charge >= 0.3 is 0 Å². The van der Waals surface area contributed by atoms with Crippen LogP contribution in [0.25, 0.3) is 0 Å². The lowest BCUT2D eigenvalue weighted by Crippen LogP contribution is -2.18. The first kappa shape index (κ1) is 12.5. The normalized spacial score (nSPS) is 18.6. The van der Waals surface area contributed by atoms with Crippen LogP contribution in [0.5, 0.6) is 5.75 Å². The van der Waals surface area contributed by atoms with E-state index in [4.69, 9.17) is 16.3 Å². The largest absolute Gasteiger partial charge is 0.489 e. The van der Waals surface area contributed by atoms with Crippen molar-refractivity contribution < 1.29 is 4.74 Å². The van der Waals surface area contributed by atoms with Crippen LogP contribution >= 0.6 is 11.6 Å². The average Bonchev–Trinajstić information content (AvgIpc) is 2.75. The van der Waals surface area contributed by atoms with Crippen LogP contribution in [0.15, 0.2) is 29.8 Å². The van der Waals surface area contributed by atoms with E-state index in [2.05, 4.69) is 24.4 Å². The summed E-state index contributed by atoms with van der Waals surface area (Å²) in [6.45, 7) is 3.68. The third kappa shape index (κ3) is 2.82. The maximum atomic E-state index is 5.72. The van der Waals surface area contributed by atoms with Gasteiger partial charge in [0.05, 0.1) is 0 Å². The smallest absolute Gasteiger partial charge is 0.123 e. The molecule has 2 nitrogen and oxygen atoms in total. The van der Waals surface area contributed by atoms with Crippen LogP contribution in [0, 0.1) is 0 Å². The fourth-order valence-corrected chi connectivity index (χ4v) is 2.46. The van der Waals surface area contributed by atoms with Crippen molar-refractivity contribution in [3.05, 3.63) is 40.9 Å². The molecule has 1 aliphatic rings. The minimum atomic E-state index is 0.488. The third-order valence-corrected chi connectivity index (χ3v) is 3.28. The maximum absolute atomic E-state index is 5.72. The summed E-state index contributed by atoms with van der Waals surface area (Å²) in [6, 6.07) is 6.78. The van der Waals surface area contributed by atoms with E-state index in [1.807, 2.05) is 6.07 Å². The molecule has 0 radical (unpaired) electrons. The first-order valence-corrected chi connectivity index (χ1v) is 6.53. The Labute approximate surface area is 108 Å². The summed E-state index contributed by atoms with van der Waals surface area (Å²) in [5.74, 6) is 0.998. The number of rotatable bonds is 5. The van der Waals surface area contributed by atoms with Gasteiger partial charge in [-0.1, -0.05) is 30.7 Å². The Morgan fingerprint density at radius 1 is 1.53 bits per heavy atom. The molecular weight excluding hydrogens is 234 g/mol. The van der Waals surface area contributed by atoms with Crippen molar-refractivity contribution in [2.75, 3.05) is 13.2 Å². The topological polar surface area (TPSA) is 21.3 Å². The molecule has 0 aliphatic heterocycles. The molecule has 17 heavy (non-hydrogen) atoms. The molecule has 0 aromatic heterocycles. The Morgan fingerprint density at radius 3 is 3.18 bits per heavy atom. The summed E-state index contributed by atoms with van der Waals surface area (Å²) >= 11 is 5.48. The Kier molecular flexibility index (Phi) is 4.46. The number of ether oxygens (including phenoxy) is 1. The fourth-order valence-electron chi connectivity index (χ4n) is 2.39. The van der Waals surface area contributed by atoms with Gasteiger partial charge < -0.3 is 10.1 Å². The van der Waals surface area contributed by atoms with Gasteiger partial charge in [-0.25, -0.2) is 0 Å². The van der Waals surface area contributed by atoms with E-state index >= 15 is 0 Å². The lowest BCUT2D eigenvalue weighted by molar-refractivity contribution is 0.359. The molecule has 0 spiro atoms. The highest BCUT2D eigenvalue weighted by atomic mass is 35.5. The Morgan fingerprint density at radius 2 is 2.41 bits per heavy atom. The van der Waals surface area contributed by atoms with Gasteiger partial charge in [-0.15, -0.1) is 0 Å². The van der Waals surface area contributed by atoms with Crippen LogP contribution in [0.4, 0.5) is 0 Å². The molecule has 1 aromatic rings. The van der Waals surface area contributed by atoms with Gasteiger partial charge in [0.2, 0.25) is 0 Å². The third-order valence-electron chi connectivity index (χ3n) is 3.10. The molecule has 0 heterocycles. The number of nitrogens with one attached hydrogen (secondary N) is 1. The molecule has 1 aromatic carbocycles. The molecule has 1 atom stereocenters. The maximum Gasteiger partial charge on any atom is 0.123 e. The molecule has 1 N–H and O–H groups in total. The number of benzene rings is 1. The number of fused-ring (bicyclic) bond motifs is 1. The molecule has 0 bridgehead atoms. The van der Waals surface area contributed by atoms with Crippen LogP contribution in [-0.2, 0) is 6.42 Å². The molecule has 0 saturated heterocycles. The number of hydrogen-bond acceptors (Lipinski definition) is 2. The second kappa shape index (κ2) is 6.08. The molecule has 0 saturated carbocycles. The Hall–Kier alpha value is -0.990. The number of hydrogen-bond donors (Lipinski definition) is 1. The molecule has 2 rings (SSSR count). The minimum Gasteiger partial charge on any atom is -0.489 e. The van der Waals surface area contributed by atoms with Crippen molar-refractivity contribution in [2.45, 2.75) is 25.8 Å². The summed E-state index contributed by atoms with van der Waals surface area (Å²) < 4.78 is 5.72. The van der Waals surface area contributed by atoms with Crippen molar-refractivity contribution in [1.29, 1.82) is 0 Å². The first-order valence-electron chi connectivity index (χ1n) is 6.10. The zero-order valence-corrected chi connectivity index (χ0v) is 10.8.